The summed E-state index contributed by atoms with van der Waals surface area (Å²) >= 11 is 0. The van der Waals surface area contributed by atoms with Crippen LogP contribution in [0.1, 0.15) is 29.8 Å². The molecule has 2 aliphatic rings. The number of nitrogens with one attached hydrogen (secondary N) is 1. The van der Waals surface area contributed by atoms with E-state index in [1.165, 1.54) is 6.20 Å². The van der Waals surface area contributed by atoms with Gasteiger partial charge in [0.25, 0.3) is 5.91 Å². The third kappa shape index (κ3) is 2.20. The average molecular weight is 246 g/mol. The molecule has 1 aliphatic carbocycles. The van der Waals surface area contributed by atoms with Gasteiger partial charge in [-0.1, -0.05) is 0 Å². The highest BCUT2D eigenvalue weighted by Gasteiger charge is 2.31. The quantitative estimate of drug-likeness (QED) is 0.803. The molecule has 2 fully saturated rings. The lowest BCUT2D eigenvalue weighted by Gasteiger charge is -2.10. The summed E-state index contributed by atoms with van der Waals surface area (Å²) in [6.45, 7) is 0.648. The van der Waals surface area contributed by atoms with E-state index in [2.05, 4.69) is 10.3 Å². The molecule has 1 amide bonds. The fraction of sp³-hybridized carbons (Fsp3) is 0.462. The molecule has 0 spiro atoms. The second-order valence-corrected chi connectivity index (χ2v) is 4.70. The van der Waals surface area contributed by atoms with Crippen LogP contribution in [0.4, 0.5) is 0 Å². The van der Waals surface area contributed by atoms with Crippen LogP contribution in [0.15, 0.2) is 18.3 Å². The molecule has 5 heteroatoms. The number of hydrogen-bond donors (Lipinski definition) is 1. The van der Waals surface area contributed by atoms with E-state index in [9.17, 15) is 9.59 Å². The predicted molar refractivity (Wildman–Crippen MR) is 63.3 cm³/mol. The molecule has 0 radical (unpaired) electrons. The van der Waals surface area contributed by atoms with E-state index in [-0.39, 0.29) is 17.6 Å². The minimum absolute atomic E-state index is 0.0897. The predicted octanol–water partition coefficient (Wildman–Crippen LogP) is 0.942. The summed E-state index contributed by atoms with van der Waals surface area (Å²) in [5.74, 6) is 0.725. The molecular weight excluding hydrogens is 232 g/mol. The summed E-state index contributed by atoms with van der Waals surface area (Å²) in [7, 11) is 0. The summed E-state index contributed by atoms with van der Waals surface area (Å²) in [6.07, 6.45) is 3.70. The lowest BCUT2D eigenvalue weighted by molar-refractivity contribution is -0.124. The van der Waals surface area contributed by atoms with Gasteiger partial charge < -0.3 is 10.1 Å². The van der Waals surface area contributed by atoms with E-state index < -0.39 is 6.10 Å². The molecule has 1 aromatic rings. The molecule has 1 N–H and O–H groups in total. The zero-order valence-corrected chi connectivity index (χ0v) is 9.89. The van der Waals surface area contributed by atoms with Crippen molar-refractivity contribution < 1.29 is 14.3 Å². The number of aromatic nitrogens is 1. The van der Waals surface area contributed by atoms with Crippen molar-refractivity contribution in [3.63, 3.8) is 0 Å². The third-order valence-electron chi connectivity index (χ3n) is 3.21. The number of rotatable bonds is 4. The van der Waals surface area contributed by atoms with Gasteiger partial charge in [0, 0.05) is 18.9 Å². The number of hydrogen-bond acceptors (Lipinski definition) is 4. The number of ketones is 1. The molecule has 0 bridgehead atoms. The first-order valence-electron chi connectivity index (χ1n) is 6.18. The number of Topliss-reactive ketones (excluding diaryl/α,β-unsaturated/α-hetero) is 1. The zero-order valence-electron chi connectivity index (χ0n) is 9.89. The molecule has 2 heterocycles. The first-order chi connectivity index (χ1) is 8.74. The standard InChI is InChI=1S/C13H14N2O3/c16-12(8-1-2-8)10-4-3-9(7-15-10)18-11-5-6-14-13(11)17/h3-4,7-8,11H,1-2,5-6H2,(H,14,17). The molecule has 1 saturated heterocycles. The smallest absolute Gasteiger partial charge is 0.261 e. The monoisotopic (exact) mass is 246 g/mol. The van der Waals surface area contributed by atoms with Gasteiger partial charge in [-0.15, -0.1) is 0 Å². The third-order valence-corrected chi connectivity index (χ3v) is 3.21. The molecule has 5 nitrogen and oxygen atoms in total. The zero-order chi connectivity index (χ0) is 12.5. The summed E-state index contributed by atoms with van der Waals surface area (Å²) in [4.78, 5) is 27.2. The SMILES string of the molecule is O=C(c1ccc(OC2CCNC2=O)cn1)C1CC1. The molecule has 1 saturated carbocycles. The van der Waals surface area contributed by atoms with Crippen LogP contribution in [0.3, 0.4) is 0 Å². The van der Waals surface area contributed by atoms with E-state index in [1.54, 1.807) is 12.1 Å². The molecule has 94 valence electrons. The van der Waals surface area contributed by atoms with Crippen molar-refractivity contribution in [2.24, 2.45) is 5.92 Å². The summed E-state index contributed by atoms with van der Waals surface area (Å²) in [5.41, 5.74) is 0.487. The van der Waals surface area contributed by atoms with Gasteiger partial charge in [0.1, 0.15) is 11.4 Å². The van der Waals surface area contributed by atoms with Crippen LogP contribution in [-0.2, 0) is 4.79 Å². The van der Waals surface area contributed by atoms with Crippen molar-refractivity contribution in [3.8, 4) is 5.75 Å². The van der Waals surface area contributed by atoms with Gasteiger partial charge in [-0.05, 0) is 25.0 Å². The van der Waals surface area contributed by atoms with E-state index >= 15 is 0 Å². The molecule has 0 aromatic carbocycles. The van der Waals surface area contributed by atoms with Crippen molar-refractivity contribution in [1.82, 2.24) is 10.3 Å². The highest BCUT2D eigenvalue weighted by atomic mass is 16.5. The lowest BCUT2D eigenvalue weighted by atomic mass is 10.2. The van der Waals surface area contributed by atoms with Crippen LogP contribution in [0.2, 0.25) is 0 Å². The maximum Gasteiger partial charge on any atom is 0.261 e. The Balaban J connectivity index is 1.67. The topological polar surface area (TPSA) is 68.3 Å². The Morgan fingerprint density at radius 2 is 2.17 bits per heavy atom. The minimum atomic E-state index is -0.434. The maximum atomic E-state index is 11.7. The van der Waals surface area contributed by atoms with Crippen LogP contribution in [-0.4, -0.2) is 29.3 Å². The second kappa shape index (κ2) is 4.40. The van der Waals surface area contributed by atoms with Gasteiger partial charge in [0.05, 0.1) is 6.20 Å². The van der Waals surface area contributed by atoms with Crippen LogP contribution in [0.25, 0.3) is 0 Å². The number of ether oxygens (including phenoxy) is 1. The van der Waals surface area contributed by atoms with E-state index in [4.69, 9.17) is 4.74 Å². The highest BCUT2D eigenvalue weighted by molar-refractivity contribution is 5.97. The fourth-order valence-corrected chi connectivity index (χ4v) is 2.00. The van der Waals surface area contributed by atoms with Gasteiger partial charge >= 0.3 is 0 Å². The molecule has 1 aromatic heterocycles. The largest absolute Gasteiger partial charge is 0.479 e. The van der Waals surface area contributed by atoms with Crippen LogP contribution in [0.5, 0.6) is 5.75 Å². The van der Waals surface area contributed by atoms with Gasteiger partial charge in [0.2, 0.25) is 0 Å². The highest BCUT2D eigenvalue weighted by Crippen LogP contribution is 2.32. The van der Waals surface area contributed by atoms with Crippen molar-refractivity contribution >= 4 is 11.7 Å². The molecule has 1 aliphatic heterocycles. The number of amides is 1. The number of carbonyl (C=O) groups is 2. The van der Waals surface area contributed by atoms with E-state index in [1.807, 2.05) is 0 Å². The summed E-state index contributed by atoms with van der Waals surface area (Å²) in [6, 6.07) is 3.37. The van der Waals surface area contributed by atoms with E-state index in [0.29, 0.717) is 24.4 Å². The molecule has 1 atom stereocenters. The van der Waals surface area contributed by atoms with Crippen molar-refractivity contribution in [2.45, 2.75) is 25.4 Å². The van der Waals surface area contributed by atoms with Gasteiger partial charge in [-0.3, -0.25) is 9.59 Å². The Kier molecular flexibility index (Phi) is 2.74. The second-order valence-electron chi connectivity index (χ2n) is 4.70. The Morgan fingerprint density at radius 3 is 2.72 bits per heavy atom. The first kappa shape index (κ1) is 11.2. The average Bonchev–Trinajstić information content (AvgIpc) is 3.16. The Labute approximate surface area is 105 Å². The normalized spacial score (nSPS) is 22.7. The van der Waals surface area contributed by atoms with E-state index in [0.717, 1.165) is 12.8 Å². The van der Waals surface area contributed by atoms with Gasteiger partial charge in [0.15, 0.2) is 11.9 Å². The summed E-state index contributed by atoms with van der Waals surface area (Å²) in [5, 5.41) is 2.70. The molecular formula is C13H14N2O3. The Morgan fingerprint density at radius 1 is 1.33 bits per heavy atom. The van der Waals surface area contributed by atoms with Gasteiger partial charge in [-0.2, -0.15) is 0 Å². The minimum Gasteiger partial charge on any atom is -0.479 e. The van der Waals surface area contributed by atoms with Crippen molar-refractivity contribution in [1.29, 1.82) is 0 Å². The van der Waals surface area contributed by atoms with Crippen LogP contribution >= 0.6 is 0 Å². The summed E-state index contributed by atoms with van der Waals surface area (Å²) < 4.78 is 5.51. The number of pyridine rings is 1. The van der Waals surface area contributed by atoms with Crippen LogP contribution in [0, 0.1) is 5.92 Å². The van der Waals surface area contributed by atoms with Crippen molar-refractivity contribution in [2.75, 3.05) is 6.54 Å². The van der Waals surface area contributed by atoms with Gasteiger partial charge in [-0.25, -0.2) is 4.98 Å². The Hall–Kier alpha value is -1.91. The molecule has 1 unspecified atom stereocenters. The van der Waals surface area contributed by atoms with Crippen molar-refractivity contribution in [3.05, 3.63) is 24.0 Å². The Bertz CT molecular complexity index is 480. The lowest BCUT2D eigenvalue weighted by Crippen LogP contribution is -2.27. The number of carbonyl (C=O) groups excluding carboxylic acids is 2. The maximum absolute atomic E-state index is 11.7. The van der Waals surface area contributed by atoms with Crippen LogP contribution < -0.4 is 10.1 Å². The first-order valence-corrected chi connectivity index (χ1v) is 6.18. The molecule has 3 rings (SSSR count). The number of nitrogens with zero attached hydrogens (tertiary/aromatic N) is 1. The molecule has 18 heavy (non-hydrogen) atoms. The fourth-order valence-electron chi connectivity index (χ4n) is 2.00.